The lowest BCUT2D eigenvalue weighted by Gasteiger charge is -2.32. The Kier molecular flexibility index (Phi) is 5.74. The van der Waals surface area contributed by atoms with Gasteiger partial charge in [0.25, 0.3) is 0 Å². The summed E-state index contributed by atoms with van der Waals surface area (Å²) in [6.45, 7) is 3.95. The van der Waals surface area contributed by atoms with Crippen molar-refractivity contribution in [2.45, 2.75) is 50.8 Å². The number of amides is 1. The average Bonchev–Trinajstić information content (AvgIpc) is 3.04. The van der Waals surface area contributed by atoms with Crippen molar-refractivity contribution < 1.29 is 19.1 Å². The van der Waals surface area contributed by atoms with E-state index in [-0.39, 0.29) is 25.2 Å². The molecule has 3 atom stereocenters. The van der Waals surface area contributed by atoms with E-state index < -0.39 is 12.1 Å². The van der Waals surface area contributed by atoms with Crippen molar-refractivity contribution in [1.82, 2.24) is 4.90 Å². The van der Waals surface area contributed by atoms with Crippen LogP contribution in [0.2, 0.25) is 0 Å². The van der Waals surface area contributed by atoms with Crippen LogP contribution in [0.3, 0.4) is 0 Å². The van der Waals surface area contributed by atoms with Crippen LogP contribution in [0, 0.1) is 5.92 Å². The van der Waals surface area contributed by atoms with Gasteiger partial charge >= 0.3 is 12.1 Å². The quantitative estimate of drug-likeness (QED) is 0.604. The van der Waals surface area contributed by atoms with E-state index in [0.717, 1.165) is 31.2 Å². The highest BCUT2D eigenvalue weighted by molar-refractivity contribution is 5.82. The Hall–Kier alpha value is -2.30. The minimum Gasteiger partial charge on any atom is -0.459 e. The van der Waals surface area contributed by atoms with E-state index in [9.17, 15) is 9.59 Å². The summed E-state index contributed by atoms with van der Waals surface area (Å²) in [5.41, 5.74) is 0.937. The summed E-state index contributed by atoms with van der Waals surface area (Å²) >= 11 is 0. The number of likely N-dealkylation sites (tertiary alicyclic amines) is 1. The number of esters is 1. The third-order valence-corrected chi connectivity index (χ3v) is 5.12. The summed E-state index contributed by atoms with van der Waals surface area (Å²) < 4.78 is 10.7. The summed E-state index contributed by atoms with van der Waals surface area (Å²) in [5.74, 6) is 0.0214. The van der Waals surface area contributed by atoms with Crippen LogP contribution < -0.4 is 0 Å². The number of hydrogen-bond acceptors (Lipinski definition) is 4. The third kappa shape index (κ3) is 4.03. The summed E-state index contributed by atoms with van der Waals surface area (Å²) in [4.78, 5) is 26.8. The van der Waals surface area contributed by atoms with E-state index in [2.05, 4.69) is 6.58 Å². The van der Waals surface area contributed by atoms with Crippen molar-refractivity contribution in [3.8, 4) is 0 Å². The lowest BCUT2D eigenvalue weighted by molar-refractivity contribution is -0.150. The highest BCUT2D eigenvalue weighted by atomic mass is 16.6. The van der Waals surface area contributed by atoms with Crippen LogP contribution in [0.5, 0.6) is 0 Å². The van der Waals surface area contributed by atoms with Crippen LogP contribution in [0.1, 0.15) is 37.7 Å². The zero-order valence-corrected chi connectivity index (χ0v) is 14.4. The van der Waals surface area contributed by atoms with E-state index in [4.69, 9.17) is 9.47 Å². The van der Waals surface area contributed by atoms with E-state index in [0.29, 0.717) is 12.3 Å². The Morgan fingerprint density at radius 2 is 1.92 bits per heavy atom. The lowest BCUT2D eigenvalue weighted by Crippen LogP contribution is -2.47. The fraction of sp³-hybridized carbons (Fsp3) is 0.500. The van der Waals surface area contributed by atoms with Crippen LogP contribution >= 0.6 is 0 Å². The zero-order chi connectivity index (χ0) is 17.6. The summed E-state index contributed by atoms with van der Waals surface area (Å²) in [5, 5.41) is 0. The Bertz CT molecular complexity index is 615. The average molecular weight is 343 g/mol. The molecule has 25 heavy (non-hydrogen) atoms. The minimum absolute atomic E-state index is 0.0836. The predicted octanol–water partition coefficient (Wildman–Crippen LogP) is 3.69. The number of rotatable bonds is 5. The molecule has 1 saturated carbocycles. The SMILES string of the molecule is C=CCOC(=O)N1[C@H](C(=O)OCc2ccccc2)C[C@@H]2CCCC[C@@H]21. The molecule has 1 saturated heterocycles. The molecule has 1 heterocycles. The molecule has 134 valence electrons. The molecule has 0 unspecified atom stereocenters. The van der Waals surface area contributed by atoms with Gasteiger partial charge < -0.3 is 9.47 Å². The highest BCUT2D eigenvalue weighted by Gasteiger charge is 2.48. The van der Waals surface area contributed by atoms with Gasteiger partial charge in [-0.25, -0.2) is 9.59 Å². The van der Waals surface area contributed by atoms with Gasteiger partial charge in [0, 0.05) is 6.04 Å². The number of benzene rings is 1. The first kappa shape index (κ1) is 17.5. The van der Waals surface area contributed by atoms with Crippen molar-refractivity contribution >= 4 is 12.1 Å². The number of hydrogen-bond donors (Lipinski definition) is 0. The van der Waals surface area contributed by atoms with Crippen LogP contribution in [0.15, 0.2) is 43.0 Å². The van der Waals surface area contributed by atoms with Crippen LogP contribution in [0.4, 0.5) is 4.79 Å². The molecule has 1 aromatic rings. The van der Waals surface area contributed by atoms with Crippen molar-refractivity contribution in [1.29, 1.82) is 0 Å². The smallest absolute Gasteiger partial charge is 0.411 e. The molecular formula is C20H25NO4. The second-order valence-corrected chi connectivity index (χ2v) is 6.73. The normalized spacial score (nSPS) is 25.1. The van der Waals surface area contributed by atoms with E-state index >= 15 is 0 Å². The van der Waals surface area contributed by atoms with Gasteiger partial charge in [-0.05, 0) is 30.7 Å². The maximum atomic E-state index is 12.7. The van der Waals surface area contributed by atoms with E-state index in [1.54, 1.807) is 4.90 Å². The Labute approximate surface area is 148 Å². The number of nitrogens with zero attached hydrogens (tertiary/aromatic N) is 1. The van der Waals surface area contributed by atoms with Crippen molar-refractivity contribution in [2.75, 3.05) is 6.61 Å². The molecule has 2 aliphatic rings. The number of fused-ring (bicyclic) bond motifs is 1. The van der Waals surface area contributed by atoms with E-state index in [1.165, 1.54) is 6.08 Å². The molecule has 5 nitrogen and oxygen atoms in total. The zero-order valence-electron chi connectivity index (χ0n) is 14.4. The first-order valence-electron chi connectivity index (χ1n) is 8.97. The molecule has 5 heteroatoms. The Balaban J connectivity index is 1.68. The van der Waals surface area contributed by atoms with Crippen LogP contribution in [-0.4, -0.2) is 35.7 Å². The van der Waals surface area contributed by atoms with Gasteiger partial charge in [-0.2, -0.15) is 0 Å². The van der Waals surface area contributed by atoms with Gasteiger partial charge in [0.1, 0.15) is 19.3 Å². The standard InChI is InChI=1S/C20H25NO4/c1-2-12-24-20(23)21-17-11-7-6-10-16(17)13-18(21)19(22)25-14-15-8-4-3-5-9-15/h2-5,8-9,16-18H,1,6-7,10-14H2/t16-,17-,18-/m0/s1. The monoisotopic (exact) mass is 343 g/mol. The molecule has 1 aliphatic carbocycles. The fourth-order valence-corrected chi connectivity index (χ4v) is 3.96. The first-order valence-corrected chi connectivity index (χ1v) is 8.97. The second-order valence-electron chi connectivity index (χ2n) is 6.73. The van der Waals surface area contributed by atoms with Crippen LogP contribution in [0.25, 0.3) is 0 Å². The van der Waals surface area contributed by atoms with Gasteiger partial charge in [-0.3, -0.25) is 4.90 Å². The maximum absolute atomic E-state index is 12.7. The lowest BCUT2D eigenvalue weighted by atomic mass is 9.85. The van der Waals surface area contributed by atoms with Crippen molar-refractivity contribution in [2.24, 2.45) is 5.92 Å². The van der Waals surface area contributed by atoms with Gasteiger partial charge in [0.05, 0.1) is 0 Å². The van der Waals surface area contributed by atoms with Gasteiger partial charge in [-0.15, -0.1) is 0 Å². The summed E-state index contributed by atoms with van der Waals surface area (Å²) in [7, 11) is 0. The molecule has 0 radical (unpaired) electrons. The number of carbonyl (C=O) groups is 2. The number of carbonyl (C=O) groups excluding carboxylic acids is 2. The molecular weight excluding hydrogens is 318 g/mol. The molecule has 2 fully saturated rings. The molecule has 0 spiro atoms. The van der Waals surface area contributed by atoms with Gasteiger partial charge in [0.2, 0.25) is 0 Å². The molecule has 1 aliphatic heterocycles. The Morgan fingerprint density at radius 3 is 2.68 bits per heavy atom. The Morgan fingerprint density at radius 1 is 1.16 bits per heavy atom. The molecule has 3 rings (SSSR count). The molecule has 0 N–H and O–H groups in total. The largest absolute Gasteiger partial charge is 0.459 e. The van der Waals surface area contributed by atoms with Crippen LogP contribution in [-0.2, 0) is 20.9 Å². The highest BCUT2D eigenvalue weighted by Crippen LogP contribution is 2.40. The minimum atomic E-state index is -0.547. The fourth-order valence-electron chi connectivity index (χ4n) is 3.96. The molecule has 1 amide bonds. The van der Waals surface area contributed by atoms with E-state index in [1.807, 2.05) is 30.3 Å². The summed E-state index contributed by atoms with van der Waals surface area (Å²) in [6, 6.07) is 9.10. The predicted molar refractivity (Wildman–Crippen MR) is 93.8 cm³/mol. The third-order valence-electron chi connectivity index (χ3n) is 5.12. The van der Waals surface area contributed by atoms with Crippen molar-refractivity contribution in [3.63, 3.8) is 0 Å². The topological polar surface area (TPSA) is 55.8 Å². The summed E-state index contributed by atoms with van der Waals surface area (Å²) in [6.07, 6.45) is 5.99. The van der Waals surface area contributed by atoms with Gasteiger partial charge in [0.15, 0.2) is 0 Å². The second kappa shape index (κ2) is 8.19. The van der Waals surface area contributed by atoms with Crippen molar-refractivity contribution in [3.05, 3.63) is 48.6 Å². The number of ether oxygens (including phenoxy) is 2. The molecule has 0 aromatic heterocycles. The van der Waals surface area contributed by atoms with Gasteiger partial charge in [-0.1, -0.05) is 55.8 Å². The first-order chi connectivity index (χ1) is 12.2. The molecule has 0 bridgehead atoms. The molecule has 1 aromatic carbocycles. The maximum Gasteiger partial charge on any atom is 0.411 e.